The quantitative estimate of drug-likeness (QED) is 0.183. The summed E-state index contributed by atoms with van der Waals surface area (Å²) in [4.78, 5) is 10.3. The van der Waals surface area contributed by atoms with Crippen LogP contribution in [0.5, 0.6) is 0 Å². The number of benzene rings is 7. The summed E-state index contributed by atoms with van der Waals surface area (Å²) < 4.78 is 7.01. The predicted molar refractivity (Wildman–Crippen MR) is 202 cm³/mol. The van der Waals surface area contributed by atoms with Crippen LogP contribution < -0.4 is 0 Å². The summed E-state index contributed by atoms with van der Waals surface area (Å²) in [5.41, 5.74) is 11.8. The molecule has 0 saturated carbocycles. The first-order chi connectivity index (χ1) is 24.3. The molecule has 0 saturated heterocycles. The van der Waals surface area contributed by atoms with E-state index in [0.717, 1.165) is 72.4 Å². The number of aromatic nitrogens is 5. The maximum absolute atomic E-state index is 5.18. The Labute approximate surface area is 280 Å². The van der Waals surface area contributed by atoms with Crippen LogP contribution in [0, 0.1) is 0 Å². The molecule has 0 radical (unpaired) electrons. The molecular formula is C44H27N5. The van der Waals surface area contributed by atoms with E-state index in [-0.39, 0.29) is 0 Å². The van der Waals surface area contributed by atoms with Crippen LogP contribution in [-0.2, 0) is 0 Å². The van der Waals surface area contributed by atoms with Crippen molar-refractivity contribution in [2.75, 3.05) is 0 Å². The number of para-hydroxylation sites is 6. The van der Waals surface area contributed by atoms with Crippen LogP contribution >= 0.6 is 0 Å². The number of nitrogens with zero attached hydrogens (tertiary/aromatic N) is 5. The van der Waals surface area contributed by atoms with Crippen LogP contribution in [0.3, 0.4) is 0 Å². The topological polar surface area (TPSA) is 40.0 Å². The van der Waals surface area contributed by atoms with E-state index in [1.165, 1.54) is 21.5 Å². The highest BCUT2D eigenvalue weighted by Gasteiger charge is 2.20. The molecule has 0 unspecified atom stereocenters. The molecule has 0 N–H and O–H groups in total. The molecule has 4 aromatic heterocycles. The van der Waals surface area contributed by atoms with Crippen LogP contribution in [0.1, 0.15) is 0 Å². The minimum atomic E-state index is 0.915. The fourth-order valence-corrected chi connectivity index (χ4v) is 7.89. The second-order valence-electron chi connectivity index (χ2n) is 12.7. The van der Waals surface area contributed by atoms with Gasteiger partial charge in [-0.05, 0) is 72.1 Å². The van der Waals surface area contributed by atoms with Gasteiger partial charge in [-0.1, -0.05) is 97.1 Å². The van der Waals surface area contributed by atoms with E-state index in [4.69, 9.17) is 9.97 Å². The molecule has 5 nitrogen and oxygen atoms in total. The number of pyridine rings is 1. The van der Waals surface area contributed by atoms with Crippen LogP contribution in [0.4, 0.5) is 0 Å². The van der Waals surface area contributed by atoms with Gasteiger partial charge in [-0.25, -0.2) is 9.97 Å². The Hall–Kier alpha value is -6.72. The monoisotopic (exact) mass is 625 g/mol. The van der Waals surface area contributed by atoms with Gasteiger partial charge in [0.15, 0.2) is 0 Å². The van der Waals surface area contributed by atoms with E-state index in [1.807, 2.05) is 0 Å². The normalized spacial score (nSPS) is 12.1. The fraction of sp³-hybridized carbons (Fsp3) is 0. The van der Waals surface area contributed by atoms with Crippen LogP contribution in [0.2, 0.25) is 0 Å². The molecule has 228 valence electrons. The summed E-state index contributed by atoms with van der Waals surface area (Å²) in [7, 11) is 0. The Morgan fingerprint density at radius 2 is 0.980 bits per heavy atom. The Bertz CT molecular complexity index is 3110. The lowest BCUT2D eigenvalue weighted by Gasteiger charge is -2.13. The molecule has 0 amide bonds. The summed E-state index contributed by atoms with van der Waals surface area (Å²) in [6, 6.07) is 58.2. The van der Waals surface area contributed by atoms with Gasteiger partial charge in [0, 0.05) is 38.5 Å². The zero-order valence-corrected chi connectivity index (χ0v) is 26.3. The Balaban J connectivity index is 1.24. The number of hydrogen-bond acceptors (Lipinski definition) is 2. The summed E-state index contributed by atoms with van der Waals surface area (Å²) in [5, 5.41) is 6.02. The van der Waals surface area contributed by atoms with Gasteiger partial charge in [0.2, 0.25) is 0 Å². The van der Waals surface area contributed by atoms with Crippen molar-refractivity contribution in [1.82, 2.24) is 23.5 Å². The molecule has 0 fully saturated rings. The third-order valence-corrected chi connectivity index (χ3v) is 9.99. The molecule has 11 rings (SSSR count). The van der Waals surface area contributed by atoms with Crippen molar-refractivity contribution in [2.24, 2.45) is 0 Å². The van der Waals surface area contributed by atoms with Crippen molar-refractivity contribution in [2.45, 2.75) is 0 Å². The van der Waals surface area contributed by atoms with E-state index in [9.17, 15) is 0 Å². The third kappa shape index (κ3) is 3.70. The molecule has 7 aromatic carbocycles. The van der Waals surface area contributed by atoms with Crippen molar-refractivity contribution in [1.29, 1.82) is 0 Å². The maximum Gasteiger partial charge on any atom is 0.146 e. The minimum Gasteiger partial charge on any atom is -0.309 e. The first-order valence-electron chi connectivity index (χ1n) is 16.6. The lowest BCUT2D eigenvalue weighted by Crippen LogP contribution is -1.99. The van der Waals surface area contributed by atoms with Crippen molar-refractivity contribution >= 4 is 71.2 Å². The van der Waals surface area contributed by atoms with Gasteiger partial charge in [0.05, 0.1) is 38.6 Å². The predicted octanol–water partition coefficient (Wildman–Crippen LogP) is 10.9. The van der Waals surface area contributed by atoms with Crippen LogP contribution in [0.25, 0.3) is 94.0 Å². The maximum atomic E-state index is 5.18. The highest BCUT2D eigenvalue weighted by molar-refractivity contribution is 6.20. The number of fused-ring (bicyclic) bond motifs is 12. The molecule has 0 aliphatic rings. The molecule has 11 aromatic rings. The van der Waals surface area contributed by atoms with Crippen molar-refractivity contribution in [3.63, 3.8) is 0 Å². The minimum absolute atomic E-state index is 0.915. The highest BCUT2D eigenvalue weighted by Crippen LogP contribution is 2.40. The van der Waals surface area contributed by atoms with Gasteiger partial charge in [-0.2, -0.15) is 0 Å². The average Bonchev–Trinajstić information content (AvgIpc) is 3.85. The Morgan fingerprint density at radius 1 is 0.347 bits per heavy atom. The van der Waals surface area contributed by atoms with E-state index < -0.39 is 0 Å². The van der Waals surface area contributed by atoms with Crippen LogP contribution in [-0.4, -0.2) is 23.5 Å². The third-order valence-electron chi connectivity index (χ3n) is 9.99. The second-order valence-corrected chi connectivity index (χ2v) is 12.7. The standard InChI is InChI=1S/C44H27N5/c1-2-14-29(15-3-1)48-39-23-10-7-20-36(39)45-43(48)28-13-12-16-30(25-28)47-38-22-9-6-18-32(38)35-26-34-31-17-4-5-19-33(31)44-46-37-21-8-11-24-40(37)49(44)42(34)27-41(35)47/h1-27H. The smallest absolute Gasteiger partial charge is 0.146 e. The van der Waals surface area contributed by atoms with Gasteiger partial charge < -0.3 is 4.57 Å². The summed E-state index contributed by atoms with van der Waals surface area (Å²) in [5.74, 6) is 0.915. The molecule has 5 heteroatoms. The van der Waals surface area contributed by atoms with Crippen molar-refractivity contribution < 1.29 is 0 Å². The molecule has 0 aliphatic carbocycles. The highest BCUT2D eigenvalue weighted by atomic mass is 15.1. The zero-order chi connectivity index (χ0) is 32.1. The summed E-state index contributed by atoms with van der Waals surface area (Å²) in [6.45, 7) is 0. The number of rotatable bonds is 3. The molecule has 0 spiro atoms. The molecule has 0 bridgehead atoms. The lowest BCUT2D eigenvalue weighted by atomic mass is 10.0. The van der Waals surface area contributed by atoms with Crippen LogP contribution in [0.15, 0.2) is 164 Å². The van der Waals surface area contributed by atoms with Gasteiger partial charge in [-0.3, -0.25) is 8.97 Å². The largest absolute Gasteiger partial charge is 0.309 e. The van der Waals surface area contributed by atoms with E-state index >= 15 is 0 Å². The Morgan fingerprint density at radius 3 is 1.82 bits per heavy atom. The van der Waals surface area contributed by atoms with Gasteiger partial charge >= 0.3 is 0 Å². The lowest BCUT2D eigenvalue weighted by molar-refractivity contribution is 1.10. The van der Waals surface area contributed by atoms with Crippen molar-refractivity contribution in [3.05, 3.63) is 164 Å². The molecule has 4 heterocycles. The van der Waals surface area contributed by atoms with E-state index in [2.05, 4.69) is 177 Å². The molecule has 0 atom stereocenters. The zero-order valence-electron chi connectivity index (χ0n) is 26.3. The second kappa shape index (κ2) is 9.89. The summed E-state index contributed by atoms with van der Waals surface area (Å²) >= 11 is 0. The van der Waals surface area contributed by atoms with E-state index in [0.29, 0.717) is 0 Å². The molecular weight excluding hydrogens is 599 g/mol. The molecule has 49 heavy (non-hydrogen) atoms. The number of hydrogen-bond donors (Lipinski definition) is 0. The van der Waals surface area contributed by atoms with E-state index in [1.54, 1.807) is 0 Å². The number of imidazole rings is 2. The van der Waals surface area contributed by atoms with Gasteiger partial charge in [-0.15, -0.1) is 0 Å². The van der Waals surface area contributed by atoms with Crippen molar-refractivity contribution in [3.8, 4) is 22.8 Å². The van der Waals surface area contributed by atoms with Gasteiger partial charge in [0.1, 0.15) is 11.5 Å². The Kier molecular flexibility index (Phi) is 5.32. The average molecular weight is 626 g/mol. The first-order valence-corrected chi connectivity index (χ1v) is 16.6. The fourth-order valence-electron chi connectivity index (χ4n) is 7.89. The SMILES string of the molecule is c1ccc(-n2c(-c3cccc(-n4c5ccccc5c5cc6c7ccccc7c7nc8ccccc8n7c6cc54)c3)nc3ccccc32)cc1. The van der Waals surface area contributed by atoms with Gasteiger partial charge in [0.25, 0.3) is 0 Å². The molecule has 0 aliphatic heterocycles. The first kappa shape index (κ1) is 26.4. The summed E-state index contributed by atoms with van der Waals surface area (Å²) in [6.07, 6.45) is 0.